The summed E-state index contributed by atoms with van der Waals surface area (Å²) >= 11 is 0. The van der Waals surface area contributed by atoms with Crippen molar-refractivity contribution < 1.29 is 76.5 Å². The van der Waals surface area contributed by atoms with Gasteiger partial charge >= 0.3 is 35.8 Å². The smallest absolute Gasteiger partial charge is 0.338 e. The van der Waals surface area contributed by atoms with Crippen LogP contribution in [0.4, 0.5) is 0 Å². The van der Waals surface area contributed by atoms with Crippen LogP contribution in [-0.4, -0.2) is 109 Å². The van der Waals surface area contributed by atoms with Crippen LogP contribution in [0.5, 0.6) is 0 Å². The van der Waals surface area contributed by atoms with Crippen LogP contribution >= 0.6 is 0 Å². The van der Waals surface area contributed by atoms with Crippen LogP contribution in [0.3, 0.4) is 0 Å². The largest absolute Gasteiger partial charge is 0.459 e. The van der Waals surface area contributed by atoms with E-state index in [2.05, 4.69) is 0 Å². The molecule has 69 heavy (non-hydrogen) atoms. The van der Waals surface area contributed by atoms with Crippen LogP contribution < -0.4 is 0 Å². The number of esters is 6. The van der Waals surface area contributed by atoms with Gasteiger partial charge in [0.05, 0.1) is 33.4 Å². The topological polar surface area (TPSA) is 206 Å². The highest BCUT2D eigenvalue weighted by molar-refractivity contribution is 5.92. The van der Waals surface area contributed by atoms with Gasteiger partial charge < -0.3 is 47.7 Å². The van der Waals surface area contributed by atoms with Crippen LogP contribution in [0, 0.1) is 0 Å². The molecule has 16 heteroatoms. The Morgan fingerprint density at radius 1 is 0.348 bits per heavy atom. The lowest BCUT2D eigenvalue weighted by Crippen LogP contribution is -2.63. The van der Waals surface area contributed by atoms with Gasteiger partial charge in [-0.3, -0.25) is 0 Å². The van der Waals surface area contributed by atoms with E-state index in [1.54, 1.807) is 109 Å². The maximum absolute atomic E-state index is 14.0. The molecule has 0 bridgehead atoms. The predicted octanol–water partition coefficient (Wildman–Crippen LogP) is 6.43. The van der Waals surface area contributed by atoms with Crippen LogP contribution in [0.1, 0.15) is 62.1 Å². The first-order valence-electron chi connectivity index (χ1n) is 21.8. The van der Waals surface area contributed by atoms with Crippen molar-refractivity contribution in [2.24, 2.45) is 0 Å². The van der Waals surface area contributed by atoms with Crippen molar-refractivity contribution in [2.75, 3.05) is 13.2 Å². The molecule has 16 nitrogen and oxygen atoms in total. The molecule has 0 saturated carbocycles. The minimum Gasteiger partial charge on any atom is -0.459 e. The number of hydrogen-bond donors (Lipinski definition) is 1. The molecule has 2 saturated heterocycles. The molecule has 2 fully saturated rings. The van der Waals surface area contributed by atoms with E-state index in [-0.39, 0.29) is 33.4 Å². The zero-order valence-electron chi connectivity index (χ0n) is 36.5. The van der Waals surface area contributed by atoms with Crippen LogP contribution in [0.2, 0.25) is 0 Å². The van der Waals surface area contributed by atoms with Crippen molar-refractivity contribution in [2.45, 2.75) is 55.3 Å². The van der Waals surface area contributed by atoms with Gasteiger partial charge in [-0.25, -0.2) is 28.8 Å². The van der Waals surface area contributed by atoms with Gasteiger partial charge in [0.2, 0.25) is 0 Å². The van der Waals surface area contributed by atoms with Gasteiger partial charge in [-0.05, 0) is 72.8 Å². The number of aliphatic hydroxyl groups is 1. The fourth-order valence-corrected chi connectivity index (χ4v) is 7.50. The second-order valence-corrected chi connectivity index (χ2v) is 15.6. The van der Waals surface area contributed by atoms with E-state index in [0.29, 0.717) is 0 Å². The maximum atomic E-state index is 14.0. The van der Waals surface area contributed by atoms with Crippen LogP contribution in [0.25, 0.3) is 0 Å². The Morgan fingerprint density at radius 3 is 0.971 bits per heavy atom. The standard InChI is InChI=1S/C53H44O16/c54-46(33-19-7-1-8-20-33)61-31-39-41(65-48(56)35-23-11-3-12-24-35)43(67-50(58)37-27-15-5-16-28-37)44(52(60)63-39)69-53-45(68-51(59)38-29-17-6-18-30-38)42(66-49(57)36-25-13-4-14-26-36)40(64-53)32-62-47(55)34-21-9-2-10-22-34/h1-30,39-45,52-53,60H,31-32H2/t39-,40-,41-,42-,43+,44+,45+,52+,53-/m1/s1. The summed E-state index contributed by atoms with van der Waals surface area (Å²) in [7, 11) is 0. The molecule has 6 aromatic carbocycles. The third kappa shape index (κ3) is 11.9. The number of ether oxygens (including phenoxy) is 9. The Bertz CT molecular complexity index is 2670. The summed E-state index contributed by atoms with van der Waals surface area (Å²) in [5.74, 6) is -5.20. The highest BCUT2D eigenvalue weighted by Crippen LogP contribution is 2.36. The van der Waals surface area contributed by atoms with Gasteiger partial charge in [0.1, 0.15) is 25.4 Å². The number of carbonyl (C=O) groups excluding carboxylic acids is 6. The third-order valence-electron chi connectivity index (χ3n) is 11.0. The highest BCUT2D eigenvalue weighted by atomic mass is 16.8. The van der Waals surface area contributed by atoms with E-state index in [9.17, 15) is 33.9 Å². The molecule has 0 unspecified atom stereocenters. The van der Waals surface area contributed by atoms with E-state index in [1.807, 2.05) is 0 Å². The summed E-state index contributed by atoms with van der Waals surface area (Å²) in [6.45, 7) is -1.21. The number of carbonyl (C=O) groups is 6. The van der Waals surface area contributed by atoms with E-state index < -0.39 is 104 Å². The first-order valence-corrected chi connectivity index (χ1v) is 21.8. The Balaban J connectivity index is 1.17. The first-order chi connectivity index (χ1) is 33.6. The molecule has 1 N–H and O–H groups in total. The molecule has 8 rings (SSSR count). The molecule has 0 radical (unpaired) electrons. The van der Waals surface area contributed by atoms with Gasteiger partial charge in [-0.15, -0.1) is 0 Å². The quantitative estimate of drug-likeness (QED) is 0.0820. The predicted molar refractivity (Wildman–Crippen MR) is 240 cm³/mol. The summed E-state index contributed by atoms with van der Waals surface area (Å²) < 4.78 is 54.3. The Kier molecular flexibility index (Phi) is 15.6. The number of rotatable bonds is 16. The maximum Gasteiger partial charge on any atom is 0.338 e. The van der Waals surface area contributed by atoms with E-state index in [4.69, 9.17) is 42.6 Å². The zero-order chi connectivity index (χ0) is 48.1. The summed E-state index contributed by atoms with van der Waals surface area (Å²) in [4.78, 5) is 82.1. The molecule has 352 valence electrons. The molecule has 0 spiro atoms. The molecule has 2 aliphatic rings. The van der Waals surface area contributed by atoms with Crippen molar-refractivity contribution >= 4 is 35.8 Å². The number of benzene rings is 6. The molecule has 0 aromatic heterocycles. The summed E-state index contributed by atoms with van der Waals surface area (Å²) in [6.07, 6.45) is -15.5. The molecule has 2 aliphatic heterocycles. The van der Waals surface area contributed by atoms with E-state index in [0.717, 1.165) is 0 Å². The lowest BCUT2D eigenvalue weighted by molar-refractivity contribution is -0.325. The monoisotopic (exact) mass is 936 g/mol. The minimum absolute atomic E-state index is 0.0531. The van der Waals surface area contributed by atoms with Gasteiger partial charge in [0.15, 0.2) is 43.1 Å². The van der Waals surface area contributed by atoms with Crippen molar-refractivity contribution in [3.8, 4) is 0 Å². The SMILES string of the molecule is O=C(OC[C@H]1O[C@H](O)[C@@H](O[C@H]2O[C@H](COC(=O)c3ccccc3)[C@@H](OC(=O)c3ccccc3)[C@@H]2OC(=O)c2ccccc2)[C@@H](OC(=O)c2ccccc2)[C@@H]1OC(=O)c1ccccc1)c1ccccc1. The Hall–Kier alpha value is -8.02. The third-order valence-corrected chi connectivity index (χ3v) is 11.0. The highest BCUT2D eigenvalue weighted by Gasteiger charge is 2.57. The second kappa shape index (κ2) is 22.6. The van der Waals surface area contributed by atoms with Crippen LogP contribution in [-0.2, 0) is 42.6 Å². The van der Waals surface area contributed by atoms with Crippen molar-refractivity contribution in [1.82, 2.24) is 0 Å². The summed E-state index contributed by atoms with van der Waals surface area (Å²) in [5, 5.41) is 11.9. The molecule has 0 amide bonds. The van der Waals surface area contributed by atoms with E-state index in [1.165, 1.54) is 72.8 Å². The van der Waals surface area contributed by atoms with Gasteiger partial charge in [0, 0.05) is 0 Å². The van der Waals surface area contributed by atoms with E-state index >= 15 is 0 Å². The summed E-state index contributed by atoms with van der Waals surface area (Å²) in [6, 6.07) is 47.4. The fraction of sp³-hybridized carbons (Fsp3) is 0.208. The minimum atomic E-state index is -2.08. The van der Waals surface area contributed by atoms with Gasteiger partial charge in [0.25, 0.3) is 0 Å². The number of hydrogen-bond acceptors (Lipinski definition) is 16. The lowest BCUT2D eigenvalue weighted by Gasteiger charge is -2.44. The molecule has 9 atom stereocenters. The number of aliphatic hydroxyl groups excluding tert-OH is 1. The zero-order valence-corrected chi connectivity index (χ0v) is 36.5. The van der Waals surface area contributed by atoms with Crippen molar-refractivity contribution in [3.05, 3.63) is 215 Å². The average molecular weight is 937 g/mol. The second-order valence-electron chi connectivity index (χ2n) is 15.6. The summed E-state index contributed by atoms with van der Waals surface area (Å²) in [5.41, 5.74) is 0.704. The van der Waals surface area contributed by atoms with Gasteiger partial charge in [-0.2, -0.15) is 0 Å². The Morgan fingerprint density at radius 2 is 0.623 bits per heavy atom. The molecular formula is C53H44O16. The molecule has 6 aromatic rings. The average Bonchev–Trinajstić information content (AvgIpc) is 3.71. The molecule has 0 aliphatic carbocycles. The normalized spacial score (nSPS) is 22.8. The van der Waals surface area contributed by atoms with Crippen molar-refractivity contribution in [3.63, 3.8) is 0 Å². The molecule has 2 heterocycles. The Labute approximate surface area is 395 Å². The van der Waals surface area contributed by atoms with Crippen molar-refractivity contribution in [1.29, 1.82) is 0 Å². The first kappa shape index (κ1) is 47.5. The lowest BCUT2D eigenvalue weighted by atomic mass is 9.97. The fourth-order valence-electron chi connectivity index (χ4n) is 7.50. The van der Waals surface area contributed by atoms with Crippen LogP contribution in [0.15, 0.2) is 182 Å². The molecular weight excluding hydrogens is 893 g/mol. The van der Waals surface area contributed by atoms with Gasteiger partial charge in [-0.1, -0.05) is 109 Å².